The number of para-hydroxylation sites is 1. The summed E-state index contributed by atoms with van der Waals surface area (Å²) in [4.78, 5) is 10.1. The summed E-state index contributed by atoms with van der Waals surface area (Å²) in [6.45, 7) is 28.4. The van der Waals surface area contributed by atoms with Crippen LogP contribution in [0, 0.1) is 0 Å². The molecular formula is C70H72N4OSi. The Bertz CT molecular complexity index is 3630. The number of ether oxygens (including phenoxy) is 1. The van der Waals surface area contributed by atoms with Gasteiger partial charge in [-0.05, 0) is 125 Å². The Kier molecular flexibility index (Phi) is 12.5. The Morgan fingerprint density at radius 2 is 0.987 bits per heavy atom. The molecule has 0 N–H and O–H groups in total. The molecule has 8 aromatic carbocycles. The molecule has 0 bridgehead atoms. The van der Waals surface area contributed by atoms with Crippen LogP contribution in [0.4, 0.5) is 22.7 Å². The van der Waals surface area contributed by atoms with Gasteiger partial charge in [-0.25, -0.2) is 4.98 Å². The van der Waals surface area contributed by atoms with Gasteiger partial charge in [-0.1, -0.05) is 210 Å². The van der Waals surface area contributed by atoms with Gasteiger partial charge in [0.2, 0.25) is 0 Å². The molecule has 0 fully saturated rings. The molecule has 1 aliphatic heterocycles. The monoisotopic (exact) mass is 1010 g/mol. The SMILES string of the molecule is CC(C)(C)c1cc(N2CN(c3cccc(Oc4ccc5c6cc([Si](c7ccccc7)(c7ccccc7)c7ccccc7)ccc6n(-c6cc(C(C)(C)C)ccn6)c5c4)c3)c3cccc(C(C)(C)C)c32)cc(C(C)(C)C)c1. The van der Waals surface area contributed by atoms with E-state index in [4.69, 9.17) is 9.72 Å². The molecule has 76 heavy (non-hydrogen) atoms. The molecule has 0 radical (unpaired) electrons. The highest BCUT2D eigenvalue weighted by Crippen LogP contribution is 2.51. The molecule has 11 rings (SSSR count). The minimum absolute atomic E-state index is 0.0126. The second-order valence-electron chi connectivity index (χ2n) is 25.0. The summed E-state index contributed by atoms with van der Waals surface area (Å²) in [5.41, 5.74) is 11.9. The maximum absolute atomic E-state index is 7.02. The normalized spacial score (nSPS) is 13.4. The van der Waals surface area contributed by atoms with Gasteiger partial charge in [-0.2, -0.15) is 0 Å². The Morgan fingerprint density at radius 3 is 1.57 bits per heavy atom. The third kappa shape index (κ3) is 9.10. The van der Waals surface area contributed by atoms with Gasteiger partial charge < -0.3 is 14.5 Å². The van der Waals surface area contributed by atoms with Crippen LogP contribution in [0.2, 0.25) is 0 Å². The second kappa shape index (κ2) is 18.9. The Balaban J connectivity index is 1.04. The number of benzene rings is 8. The van der Waals surface area contributed by atoms with E-state index in [9.17, 15) is 0 Å². The van der Waals surface area contributed by atoms with Crippen LogP contribution in [0.25, 0.3) is 27.6 Å². The summed E-state index contributed by atoms with van der Waals surface area (Å²) in [7, 11) is -2.82. The zero-order chi connectivity index (χ0) is 53.4. The molecule has 5 nitrogen and oxygen atoms in total. The first-order chi connectivity index (χ1) is 36.2. The zero-order valence-corrected chi connectivity index (χ0v) is 47.5. The topological polar surface area (TPSA) is 33.5 Å². The molecule has 1 aliphatic rings. The van der Waals surface area contributed by atoms with Crippen molar-refractivity contribution >= 4 is 73.4 Å². The number of pyridine rings is 1. The molecule has 0 spiro atoms. The van der Waals surface area contributed by atoms with Crippen molar-refractivity contribution in [2.75, 3.05) is 16.5 Å². The minimum atomic E-state index is -2.82. The van der Waals surface area contributed by atoms with Gasteiger partial charge in [0.15, 0.2) is 8.07 Å². The van der Waals surface area contributed by atoms with E-state index in [-0.39, 0.29) is 21.7 Å². The van der Waals surface area contributed by atoms with Crippen LogP contribution in [0.5, 0.6) is 11.5 Å². The fraction of sp³-hybridized carbons (Fsp3) is 0.243. The van der Waals surface area contributed by atoms with Crippen LogP contribution in [0.15, 0.2) is 206 Å². The number of rotatable bonds is 9. The van der Waals surface area contributed by atoms with Gasteiger partial charge in [0.05, 0.1) is 22.4 Å². The molecule has 0 unspecified atom stereocenters. The van der Waals surface area contributed by atoms with Crippen LogP contribution in [-0.2, 0) is 21.7 Å². The maximum Gasteiger partial charge on any atom is 0.179 e. The van der Waals surface area contributed by atoms with Gasteiger partial charge in [-0.15, -0.1) is 0 Å². The van der Waals surface area contributed by atoms with Crippen molar-refractivity contribution in [2.45, 2.75) is 105 Å². The van der Waals surface area contributed by atoms with Crippen molar-refractivity contribution in [1.29, 1.82) is 0 Å². The van der Waals surface area contributed by atoms with Crippen LogP contribution in [0.1, 0.15) is 105 Å². The second-order valence-corrected chi connectivity index (χ2v) is 28.8. The molecule has 0 saturated heterocycles. The molecule has 10 aromatic rings. The number of aromatic nitrogens is 2. The summed E-state index contributed by atoms with van der Waals surface area (Å²) < 4.78 is 9.36. The number of hydrogen-bond donors (Lipinski definition) is 0. The largest absolute Gasteiger partial charge is 0.457 e. The first-order valence-corrected chi connectivity index (χ1v) is 29.0. The lowest BCUT2D eigenvalue weighted by Crippen LogP contribution is -2.74. The molecule has 2 aromatic heterocycles. The summed E-state index contributed by atoms with van der Waals surface area (Å²) in [6, 6.07) is 74.4. The van der Waals surface area contributed by atoms with E-state index in [1.807, 2.05) is 6.20 Å². The van der Waals surface area contributed by atoms with Crippen molar-refractivity contribution in [3.63, 3.8) is 0 Å². The van der Waals surface area contributed by atoms with Crippen molar-refractivity contribution in [3.05, 3.63) is 229 Å². The van der Waals surface area contributed by atoms with Crippen LogP contribution in [0.3, 0.4) is 0 Å². The van der Waals surface area contributed by atoms with E-state index >= 15 is 0 Å². The first-order valence-electron chi connectivity index (χ1n) is 27.0. The summed E-state index contributed by atoms with van der Waals surface area (Å²) in [5, 5.41) is 7.68. The molecule has 382 valence electrons. The van der Waals surface area contributed by atoms with Crippen molar-refractivity contribution in [1.82, 2.24) is 9.55 Å². The lowest BCUT2D eigenvalue weighted by Gasteiger charge is -2.34. The van der Waals surface area contributed by atoms with Gasteiger partial charge in [0.25, 0.3) is 0 Å². The summed E-state index contributed by atoms with van der Waals surface area (Å²) in [5.74, 6) is 2.41. The van der Waals surface area contributed by atoms with E-state index in [2.05, 4.69) is 298 Å². The third-order valence-corrected chi connectivity index (χ3v) is 20.4. The number of fused-ring (bicyclic) bond motifs is 4. The van der Waals surface area contributed by atoms with E-state index in [1.165, 1.54) is 65.4 Å². The summed E-state index contributed by atoms with van der Waals surface area (Å²) in [6.07, 6.45) is 1.96. The highest BCUT2D eigenvalue weighted by atomic mass is 28.3. The first kappa shape index (κ1) is 50.5. The highest BCUT2D eigenvalue weighted by Gasteiger charge is 2.42. The number of hydrogen-bond acceptors (Lipinski definition) is 4. The third-order valence-electron chi connectivity index (χ3n) is 15.6. The van der Waals surface area contributed by atoms with Crippen molar-refractivity contribution in [2.24, 2.45) is 0 Å². The fourth-order valence-corrected chi connectivity index (χ4v) is 16.2. The minimum Gasteiger partial charge on any atom is -0.457 e. The van der Waals surface area contributed by atoms with Crippen LogP contribution in [-0.4, -0.2) is 24.3 Å². The van der Waals surface area contributed by atoms with Crippen molar-refractivity contribution < 1.29 is 4.74 Å². The average molecular weight is 1010 g/mol. The fourth-order valence-electron chi connectivity index (χ4n) is 11.5. The molecule has 0 atom stereocenters. The predicted octanol–water partition coefficient (Wildman–Crippen LogP) is 15.8. The van der Waals surface area contributed by atoms with E-state index in [0.717, 1.165) is 39.4 Å². The standard InChI is InChI=1S/C70H72N4OSi/c1-67(2,3)48-38-39-71-65(43-48)74-62-37-35-58(76(55-26-16-13-17-27-55,56-28-18-14-19-29-56)57-30-20-15-21-31-57)46-60(62)59-36-34-54(45-64(59)74)75-53-25-22-24-51(44-53)72-47-73(66-61(70(10,11)12)32-23-33-63(66)72)52-41-49(68(4,5)6)40-50(42-52)69(7,8)9/h13-46H,47H2,1-12H3. The Hall–Kier alpha value is -7.67. The Labute approximate surface area is 452 Å². The Morgan fingerprint density at radius 1 is 0.408 bits per heavy atom. The van der Waals surface area contributed by atoms with Crippen molar-refractivity contribution in [3.8, 4) is 17.3 Å². The molecule has 6 heteroatoms. The molecule has 0 amide bonds. The predicted molar refractivity (Wildman–Crippen MR) is 326 cm³/mol. The highest BCUT2D eigenvalue weighted by molar-refractivity contribution is 7.20. The quantitative estimate of drug-likeness (QED) is 0.107. The van der Waals surface area contributed by atoms with Gasteiger partial charge >= 0.3 is 0 Å². The van der Waals surface area contributed by atoms with E-state index < -0.39 is 8.07 Å². The average Bonchev–Trinajstić information content (AvgIpc) is 3.99. The smallest absolute Gasteiger partial charge is 0.179 e. The zero-order valence-electron chi connectivity index (χ0n) is 46.5. The molecule has 0 saturated carbocycles. The van der Waals surface area contributed by atoms with Gasteiger partial charge in [0, 0.05) is 40.5 Å². The molecule has 3 heterocycles. The van der Waals surface area contributed by atoms with Gasteiger partial charge in [0.1, 0.15) is 24.0 Å². The lowest BCUT2D eigenvalue weighted by molar-refractivity contribution is 0.483. The maximum atomic E-state index is 7.02. The number of nitrogens with zero attached hydrogens (tertiary/aromatic N) is 4. The van der Waals surface area contributed by atoms with Crippen LogP contribution >= 0.6 is 0 Å². The lowest BCUT2D eigenvalue weighted by atomic mass is 9.80. The number of anilines is 4. The van der Waals surface area contributed by atoms with E-state index in [0.29, 0.717) is 6.67 Å². The van der Waals surface area contributed by atoms with Gasteiger partial charge in [-0.3, -0.25) is 4.57 Å². The summed E-state index contributed by atoms with van der Waals surface area (Å²) >= 11 is 0. The molecular weight excluding hydrogens is 941 g/mol. The van der Waals surface area contributed by atoms with Crippen LogP contribution < -0.4 is 35.3 Å². The molecule has 0 aliphatic carbocycles. The van der Waals surface area contributed by atoms with E-state index in [1.54, 1.807) is 0 Å².